The predicted molar refractivity (Wildman–Crippen MR) is 78.7 cm³/mol. The zero-order valence-electron chi connectivity index (χ0n) is 12.3. The number of nitrogens with zero attached hydrogens (tertiary/aromatic N) is 2. The summed E-state index contributed by atoms with van der Waals surface area (Å²) in [5.74, 6) is 0. The van der Waals surface area contributed by atoms with Crippen LogP contribution in [0.4, 0.5) is 5.69 Å². The fourth-order valence-electron chi connectivity index (χ4n) is 3.17. The highest BCUT2D eigenvalue weighted by molar-refractivity contribution is 5.47. The van der Waals surface area contributed by atoms with Gasteiger partial charge in [-0.2, -0.15) is 0 Å². The number of pyridine rings is 1. The van der Waals surface area contributed by atoms with Crippen molar-refractivity contribution < 1.29 is 4.92 Å². The van der Waals surface area contributed by atoms with Gasteiger partial charge in [0.2, 0.25) is 0 Å². The minimum Gasteiger partial charge on any atom is -0.325 e. The normalized spacial score (nSPS) is 18.6. The molecule has 1 aliphatic rings. The predicted octanol–water partition coefficient (Wildman–Crippen LogP) is 3.20. The zero-order valence-corrected chi connectivity index (χ0v) is 12.3. The zero-order chi connectivity index (χ0) is 14.8. The number of aryl methyl sites for hydroxylation is 1. The number of nitro groups is 1. The summed E-state index contributed by atoms with van der Waals surface area (Å²) in [7, 11) is 0. The Morgan fingerprint density at radius 1 is 1.30 bits per heavy atom. The fourth-order valence-corrected chi connectivity index (χ4v) is 3.17. The van der Waals surface area contributed by atoms with Gasteiger partial charge in [-0.1, -0.05) is 25.7 Å². The molecule has 0 atom stereocenters. The van der Waals surface area contributed by atoms with E-state index in [1.807, 2.05) is 0 Å². The Labute approximate surface area is 119 Å². The quantitative estimate of drug-likeness (QED) is 0.522. The van der Waals surface area contributed by atoms with E-state index in [0.29, 0.717) is 17.5 Å². The average molecular weight is 277 g/mol. The van der Waals surface area contributed by atoms with E-state index in [1.165, 1.54) is 12.8 Å². The van der Waals surface area contributed by atoms with Crippen LogP contribution in [0.2, 0.25) is 0 Å². The standard InChI is InChI=1S/C15H23N3O2/c1-11-10-17-13(12(2)14(11)18(19)20)9-15(16)7-5-3-4-6-8-15/h10H,3-9,16H2,1-2H3. The third-order valence-corrected chi connectivity index (χ3v) is 4.38. The van der Waals surface area contributed by atoms with Gasteiger partial charge in [-0.3, -0.25) is 15.1 Å². The van der Waals surface area contributed by atoms with Crippen LogP contribution in [0.15, 0.2) is 6.20 Å². The van der Waals surface area contributed by atoms with E-state index < -0.39 is 0 Å². The molecule has 5 heteroatoms. The van der Waals surface area contributed by atoms with E-state index in [2.05, 4.69) is 4.98 Å². The van der Waals surface area contributed by atoms with Crippen LogP contribution in [0.5, 0.6) is 0 Å². The molecule has 5 nitrogen and oxygen atoms in total. The van der Waals surface area contributed by atoms with Crippen molar-refractivity contribution in [1.82, 2.24) is 4.98 Å². The Bertz CT molecular complexity index is 506. The first kappa shape index (κ1) is 14.9. The molecule has 1 aromatic rings. The molecule has 2 N–H and O–H groups in total. The molecule has 0 amide bonds. The van der Waals surface area contributed by atoms with Gasteiger partial charge in [-0.05, 0) is 26.7 Å². The van der Waals surface area contributed by atoms with Gasteiger partial charge >= 0.3 is 0 Å². The van der Waals surface area contributed by atoms with Crippen molar-refractivity contribution in [1.29, 1.82) is 0 Å². The molecular formula is C15H23N3O2. The van der Waals surface area contributed by atoms with Crippen LogP contribution in [0, 0.1) is 24.0 Å². The van der Waals surface area contributed by atoms with Crippen molar-refractivity contribution >= 4 is 5.69 Å². The summed E-state index contributed by atoms with van der Waals surface area (Å²) in [4.78, 5) is 15.3. The smallest absolute Gasteiger partial charge is 0.278 e. The molecule has 2 rings (SSSR count). The van der Waals surface area contributed by atoms with Crippen LogP contribution in [-0.2, 0) is 6.42 Å². The molecule has 1 saturated carbocycles. The molecule has 0 unspecified atom stereocenters. The molecule has 1 aliphatic carbocycles. The van der Waals surface area contributed by atoms with Crippen molar-refractivity contribution in [3.05, 3.63) is 33.1 Å². The van der Waals surface area contributed by atoms with E-state index in [4.69, 9.17) is 5.73 Å². The molecule has 1 heterocycles. The minimum absolute atomic E-state index is 0.187. The Hall–Kier alpha value is -1.49. The van der Waals surface area contributed by atoms with Gasteiger partial charge in [-0.15, -0.1) is 0 Å². The summed E-state index contributed by atoms with van der Waals surface area (Å²) in [6.45, 7) is 3.51. The minimum atomic E-state index is -0.313. The maximum Gasteiger partial charge on any atom is 0.278 e. The number of rotatable bonds is 3. The molecular weight excluding hydrogens is 254 g/mol. The van der Waals surface area contributed by atoms with Gasteiger partial charge in [0.1, 0.15) is 0 Å². The highest BCUT2D eigenvalue weighted by Crippen LogP contribution is 2.31. The van der Waals surface area contributed by atoms with Gasteiger partial charge < -0.3 is 5.73 Å². The monoisotopic (exact) mass is 277 g/mol. The average Bonchev–Trinajstić information content (AvgIpc) is 2.58. The largest absolute Gasteiger partial charge is 0.325 e. The van der Waals surface area contributed by atoms with Gasteiger partial charge in [-0.25, -0.2) is 0 Å². The topological polar surface area (TPSA) is 82.0 Å². The Balaban J connectivity index is 2.29. The first-order valence-electron chi connectivity index (χ1n) is 7.31. The van der Waals surface area contributed by atoms with Crippen LogP contribution < -0.4 is 5.73 Å². The number of nitrogens with two attached hydrogens (primary N) is 1. The summed E-state index contributed by atoms with van der Waals surface area (Å²) < 4.78 is 0. The van der Waals surface area contributed by atoms with E-state index in [1.54, 1.807) is 20.0 Å². The molecule has 0 aliphatic heterocycles. The van der Waals surface area contributed by atoms with Crippen LogP contribution >= 0.6 is 0 Å². The fraction of sp³-hybridized carbons (Fsp3) is 0.667. The van der Waals surface area contributed by atoms with Crippen molar-refractivity contribution in [2.75, 3.05) is 0 Å². The third kappa shape index (κ3) is 3.15. The molecule has 110 valence electrons. The van der Waals surface area contributed by atoms with Crippen molar-refractivity contribution in [2.24, 2.45) is 5.73 Å². The molecule has 1 fully saturated rings. The first-order chi connectivity index (χ1) is 9.43. The van der Waals surface area contributed by atoms with Crippen molar-refractivity contribution in [3.63, 3.8) is 0 Å². The third-order valence-electron chi connectivity index (χ3n) is 4.38. The molecule has 1 aromatic heterocycles. The van der Waals surface area contributed by atoms with Crippen LogP contribution in [0.3, 0.4) is 0 Å². The Morgan fingerprint density at radius 2 is 1.90 bits per heavy atom. The van der Waals surface area contributed by atoms with E-state index in [-0.39, 0.29) is 16.1 Å². The van der Waals surface area contributed by atoms with Crippen molar-refractivity contribution in [3.8, 4) is 0 Å². The summed E-state index contributed by atoms with van der Waals surface area (Å²) in [6.07, 6.45) is 8.96. The second-order valence-corrected chi connectivity index (χ2v) is 6.07. The van der Waals surface area contributed by atoms with E-state index >= 15 is 0 Å². The van der Waals surface area contributed by atoms with Crippen molar-refractivity contribution in [2.45, 2.75) is 64.3 Å². The van der Waals surface area contributed by atoms with E-state index in [0.717, 1.165) is 31.4 Å². The number of hydrogen-bond acceptors (Lipinski definition) is 4. The van der Waals surface area contributed by atoms with Gasteiger partial charge in [0.25, 0.3) is 5.69 Å². The molecule has 0 bridgehead atoms. The molecule has 0 spiro atoms. The molecule has 20 heavy (non-hydrogen) atoms. The molecule has 0 radical (unpaired) electrons. The summed E-state index contributed by atoms with van der Waals surface area (Å²) >= 11 is 0. The lowest BCUT2D eigenvalue weighted by Crippen LogP contribution is -2.42. The maximum atomic E-state index is 11.2. The number of hydrogen-bond donors (Lipinski definition) is 1. The molecule has 0 saturated heterocycles. The van der Waals surface area contributed by atoms with Gasteiger partial charge in [0, 0.05) is 29.3 Å². The SMILES string of the molecule is Cc1cnc(CC2(N)CCCCCC2)c(C)c1[N+](=O)[O-]. The highest BCUT2D eigenvalue weighted by atomic mass is 16.6. The molecule has 0 aromatic carbocycles. The first-order valence-corrected chi connectivity index (χ1v) is 7.31. The van der Waals surface area contributed by atoms with Gasteiger partial charge in [0.05, 0.1) is 10.6 Å². The lowest BCUT2D eigenvalue weighted by molar-refractivity contribution is -0.386. The van der Waals surface area contributed by atoms with Crippen LogP contribution in [-0.4, -0.2) is 15.4 Å². The van der Waals surface area contributed by atoms with Crippen LogP contribution in [0.1, 0.15) is 55.3 Å². The highest BCUT2D eigenvalue weighted by Gasteiger charge is 2.29. The maximum absolute atomic E-state index is 11.2. The second-order valence-electron chi connectivity index (χ2n) is 6.07. The summed E-state index contributed by atoms with van der Waals surface area (Å²) in [5.41, 5.74) is 8.52. The second kappa shape index (κ2) is 5.87. The summed E-state index contributed by atoms with van der Waals surface area (Å²) in [6, 6.07) is 0. The van der Waals surface area contributed by atoms with Crippen LogP contribution in [0.25, 0.3) is 0 Å². The lowest BCUT2D eigenvalue weighted by Gasteiger charge is -2.28. The van der Waals surface area contributed by atoms with Gasteiger partial charge in [0.15, 0.2) is 0 Å². The lowest BCUT2D eigenvalue weighted by atomic mass is 9.85. The number of aromatic nitrogens is 1. The Kier molecular flexibility index (Phi) is 4.38. The Morgan fingerprint density at radius 3 is 2.45 bits per heavy atom. The summed E-state index contributed by atoms with van der Waals surface area (Å²) in [5, 5.41) is 11.2. The van der Waals surface area contributed by atoms with E-state index in [9.17, 15) is 10.1 Å².